The van der Waals surface area contributed by atoms with Crippen molar-refractivity contribution in [3.05, 3.63) is 21.9 Å². The van der Waals surface area contributed by atoms with Crippen molar-refractivity contribution in [2.75, 3.05) is 7.11 Å². The van der Waals surface area contributed by atoms with Crippen molar-refractivity contribution in [3.63, 3.8) is 0 Å². The van der Waals surface area contributed by atoms with E-state index in [9.17, 15) is 5.11 Å². The zero-order valence-corrected chi connectivity index (χ0v) is 10.1. The van der Waals surface area contributed by atoms with E-state index in [1.807, 2.05) is 5.38 Å². The van der Waals surface area contributed by atoms with Crippen molar-refractivity contribution in [2.24, 2.45) is 0 Å². The average Bonchev–Trinajstić information content (AvgIpc) is 2.58. The summed E-state index contributed by atoms with van der Waals surface area (Å²) in [5, 5.41) is 12.2. The van der Waals surface area contributed by atoms with Gasteiger partial charge in [-0.05, 0) is 43.2 Å². The maximum atomic E-state index is 10.2. The summed E-state index contributed by atoms with van der Waals surface area (Å²) in [7, 11) is 1.76. The molecule has 0 amide bonds. The monoisotopic (exact) mass is 226 g/mol. The van der Waals surface area contributed by atoms with Crippen molar-refractivity contribution < 1.29 is 9.84 Å². The first-order chi connectivity index (χ1) is 7.17. The molecular weight excluding hydrogens is 208 g/mol. The Morgan fingerprint density at radius 2 is 2.33 bits per heavy atom. The maximum absolute atomic E-state index is 10.2. The van der Waals surface area contributed by atoms with Crippen molar-refractivity contribution in [3.8, 4) is 0 Å². The molecule has 2 nitrogen and oxygen atoms in total. The van der Waals surface area contributed by atoms with E-state index >= 15 is 0 Å². The highest BCUT2D eigenvalue weighted by molar-refractivity contribution is 7.10. The summed E-state index contributed by atoms with van der Waals surface area (Å²) in [6.07, 6.45) is 3.79. The second kappa shape index (κ2) is 4.24. The van der Waals surface area contributed by atoms with Crippen LogP contribution in [0.3, 0.4) is 0 Å². The first-order valence-electron chi connectivity index (χ1n) is 5.44. The third-order valence-corrected chi connectivity index (χ3v) is 4.59. The number of aliphatic hydroxyl groups is 1. The zero-order chi connectivity index (χ0) is 10.9. The van der Waals surface area contributed by atoms with Crippen LogP contribution in [0.15, 0.2) is 11.4 Å². The van der Waals surface area contributed by atoms with Gasteiger partial charge < -0.3 is 9.84 Å². The number of aryl methyl sites for hydroxylation is 1. The van der Waals surface area contributed by atoms with Crippen LogP contribution in [-0.4, -0.2) is 17.8 Å². The van der Waals surface area contributed by atoms with E-state index < -0.39 is 0 Å². The first-order valence-corrected chi connectivity index (χ1v) is 6.32. The third kappa shape index (κ3) is 2.10. The highest BCUT2D eigenvalue weighted by atomic mass is 32.1. The molecule has 0 bridgehead atoms. The van der Waals surface area contributed by atoms with Gasteiger partial charge in [-0.2, -0.15) is 0 Å². The van der Waals surface area contributed by atoms with Crippen LogP contribution in [-0.2, 0) is 4.74 Å². The third-order valence-electron chi connectivity index (χ3n) is 3.47. The minimum absolute atomic E-state index is 0.0458. The topological polar surface area (TPSA) is 29.5 Å². The Balaban J connectivity index is 2.03. The van der Waals surface area contributed by atoms with Gasteiger partial charge >= 0.3 is 0 Å². The van der Waals surface area contributed by atoms with Gasteiger partial charge in [-0.1, -0.05) is 0 Å². The fraction of sp³-hybridized carbons (Fsp3) is 0.667. The Morgan fingerprint density at radius 3 is 2.73 bits per heavy atom. The number of methoxy groups -OCH3 is 1. The van der Waals surface area contributed by atoms with Crippen LogP contribution >= 0.6 is 11.3 Å². The van der Waals surface area contributed by atoms with Crippen LogP contribution < -0.4 is 0 Å². The van der Waals surface area contributed by atoms with Gasteiger partial charge in [-0.3, -0.25) is 0 Å². The molecule has 1 heterocycles. The van der Waals surface area contributed by atoms with Crippen LogP contribution in [0, 0.1) is 6.92 Å². The van der Waals surface area contributed by atoms with Crippen LogP contribution in [0.5, 0.6) is 0 Å². The second-order valence-electron chi connectivity index (χ2n) is 4.43. The number of thiophene rings is 1. The summed E-state index contributed by atoms with van der Waals surface area (Å²) in [4.78, 5) is 1.10. The summed E-state index contributed by atoms with van der Waals surface area (Å²) in [6, 6.07) is 2.06. The highest BCUT2D eigenvalue weighted by Gasteiger charge is 2.39. The fourth-order valence-corrected chi connectivity index (χ4v) is 3.15. The van der Waals surface area contributed by atoms with Crippen molar-refractivity contribution >= 4 is 11.3 Å². The van der Waals surface area contributed by atoms with E-state index in [1.165, 1.54) is 12.0 Å². The predicted molar refractivity (Wildman–Crippen MR) is 62.2 cm³/mol. The minimum Gasteiger partial charge on any atom is -0.387 e. The SMILES string of the molecule is COC1(CC(O)c2sccc2C)CCC1. The van der Waals surface area contributed by atoms with Gasteiger partial charge in [0, 0.05) is 18.4 Å². The Labute approximate surface area is 94.9 Å². The number of ether oxygens (including phenoxy) is 1. The molecule has 0 saturated heterocycles. The molecule has 1 aliphatic rings. The van der Waals surface area contributed by atoms with E-state index in [0.717, 1.165) is 24.1 Å². The highest BCUT2D eigenvalue weighted by Crippen LogP contribution is 2.42. The van der Waals surface area contributed by atoms with Crippen LogP contribution in [0.2, 0.25) is 0 Å². The van der Waals surface area contributed by atoms with Crippen molar-refractivity contribution in [2.45, 2.75) is 44.3 Å². The van der Waals surface area contributed by atoms with E-state index in [1.54, 1.807) is 18.4 Å². The van der Waals surface area contributed by atoms with Gasteiger partial charge in [0.05, 0.1) is 11.7 Å². The lowest BCUT2D eigenvalue weighted by molar-refractivity contribution is -0.0995. The fourth-order valence-electron chi connectivity index (χ4n) is 2.23. The molecule has 1 aliphatic carbocycles. The largest absolute Gasteiger partial charge is 0.387 e. The van der Waals surface area contributed by atoms with Gasteiger partial charge in [-0.25, -0.2) is 0 Å². The molecule has 1 N–H and O–H groups in total. The quantitative estimate of drug-likeness (QED) is 0.855. The minimum atomic E-state index is -0.356. The number of aliphatic hydroxyl groups excluding tert-OH is 1. The van der Waals surface area contributed by atoms with E-state index in [4.69, 9.17) is 4.74 Å². The normalized spacial score (nSPS) is 21.0. The summed E-state index contributed by atoms with van der Waals surface area (Å²) in [6.45, 7) is 2.05. The summed E-state index contributed by atoms with van der Waals surface area (Å²) in [5.41, 5.74) is 1.15. The lowest BCUT2D eigenvalue weighted by Gasteiger charge is -2.41. The van der Waals surface area contributed by atoms with Gasteiger partial charge in [0.1, 0.15) is 0 Å². The maximum Gasteiger partial charge on any atom is 0.0912 e. The average molecular weight is 226 g/mol. The Morgan fingerprint density at radius 1 is 1.60 bits per heavy atom. The number of rotatable bonds is 4. The predicted octanol–water partition coefficient (Wildman–Crippen LogP) is 3.05. The molecule has 1 saturated carbocycles. The molecule has 0 aromatic carbocycles. The standard InChI is InChI=1S/C12H18O2S/c1-9-4-7-15-11(9)10(13)8-12(14-2)5-3-6-12/h4,7,10,13H,3,5-6,8H2,1-2H3. The molecule has 1 fully saturated rings. The second-order valence-corrected chi connectivity index (χ2v) is 5.38. The van der Waals surface area contributed by atoms with E-state index in [-0.39, 0.29) is 11.7 Å². The molecule has 84 valence electrons. The molecule has 0 radical (unpaired) electrons. The summed E-state index contributed by atoms with van der Waals surface area (Å²) < 4.78 is 5.53. The lowest BCUT2D eigenvalue weighted by Crippen LogP contribution is -2.40. The molecule has 1 aromatic rings. The molecule has 1 unspecified atom stereocenters. The van der Waals surface area contributed by atoms with Crippen LogP contribution in [0.25, 0.3) is 0 Å². The molecule has 15 heavy (non-hydrogen) atoms. The van der Waals surface area contributed by atoms with Gasteiger partial charge in [0.25, 0.3) is 0 Å². The molecular formula is C12H18O2S. The molecule has 3 heteroatoms. The van der Waals surface area contributed by atoms with Gasteiger partial charge in [0.2, 0.25) is 0 Å². The number of hydrogen-bond acceptors (Lipinski definition) is 3. The van der Waals surface area contributed by atoms with Crippen molar-refractivity contribution in [1.82, 2.24) is 0 Å². The van der Waals surface area contributed by atoms with E-state index in [0.29, 0.717) is 0 Å². The Hall–Kier alpha value is -0.380. The summed E-state index contributed by atoms with van der Waals surface area (Å²) >= 11 is 1.64. The zero-order valence-electron chi connectivity index (χ0n) is 9.32. The molecule has 1 atom stereocenters. The smallest absolute Gasteiger partial charge is 0.0912 e. The van der Waals surface area contributed by atoms with Gasteiger partial charge in [0.15, 0.2) is 0 Å². The molecule has 0 aliphatic heterocycles. The van der Waals surface area contributed by atoms with Crippen LogP contribution in [0.4, 0.5) is 0 Å². The Kier molecular flexibility index (Phi) is 3.14. The van der Waals surface area contributed by atoms with Crippen molar-refractivity contribution in [1.29, 1.82) is 0 Å². The van der Waals surface area contributed by atoms with Gasteiger partial charge in [-0.15, -0.1) is 11.3 Å². The van der Waals surface area contributed by atoms with Crippen LogP contribution in [0.1, 0.15) is 42.2 Å². The number of hydrogen-bond donors (Lipinski definition) is 1. The van der Waals surface area contributed by atoms with E-state index in [2.05, 4.69) is 13.0 Å². The Bertz CT molecular complexity index is 323. The molecule has 0 spiro atoms. The molecule has 2 rings (SSSR count). The first kappa shape index (κ1) is 11.1. The molecule has 1 aromatic heterocycles. The lowest BCUT2D eigenvalue weighted by atomic mass is 9.76. The summed E-state index contributed by atoms with van der Waals surface area (Å²) in [5.74, 6) is 0.